The molecule has 0 spiro atoms. The van der Waals surface area contributed by atoms with Gasteiger partial charge >= 0.3 is 6.36 Å². The van der Waals surface area contributed by atoms with Crippen LogP contribution in [-0.2, 0) is 10.0 Å². The molecule has 0 bridgehead atoms. The van der Waals surface area contributed by atoms with Crippen molar-refractivity contribution < 1.29 is 31.4 Å². The van der Waals surface area contributed by atoms with E-state index in [1.165, 1.54) is 33.0 Å². The highest BCUT2D eigenvalue weighted by molar-refractivity contribution is 7.89. The number of para-hydroxylation sites is 1. The van der Waals surface area contributed by atoms with Crippen LogP contribution >= 0.6 is 0 Å². The molecule has 0 amide bonds. The van der Waals surface area contributed by atoms with Gasteiger partial charge in [0.1, 0.15) is 10.6 Å². The Hall–Kier alpha value is -1.32. The van der Waals surface area contributed by atoms with Crippen molar-refractivity contribution in [2.24, 2.45) is 0 Å². The normalized spacial score (nSPS) is 13.5. The number of ether oxygens (including phenoxy) is 1. The van der Waals surface area contributed by atoms with Gasteiger partial charge in [0.2, 0.25) is 10.0 Å². The summed E-state index contributed by atoms with van der Waals surface area (Å²) in [5.41, 5.74) is -1.18. The fraction of sp³-hybridized carbons (Fsp3) is 0.500. The number of aliphatic hydroxyl groups is 1. The van der Waals surface area contributed by atoms with E-state index in [-0.39, 0.29) is 0 Å². The van der Waals surface area contributed by atoms with Gasteiger partial charge < -0.3 is 9.84 Å². The van der Waals surface area contributed by atoms with Crippen LogP contribution < -0.4 is 4.74 Å². The molecule has 5 nitrogen and oxygen atoms in total. The summed E-state index contributed by atoms with van der Waals surface area (Å²) in [6.45, 7) is 2.39. The van der Waals surface area contributed by atoms with Gasteiger partial charge in [-0.3, -0.25) is 0 Å². The van der Waals surface area contributed by atoms with E-state index in [0.717, 1.165) is 16.4 Å². The van der Waals surface area contributed by atoms with Crippen LogP contribution in [0.3, 0.4) is 0 Å². The van der Waals surface area contributed by atoms with E-state index in [2.05, 4.69) is 4.74 Å². The molecule has 21 heavy (non-hydrogen) atoms. The molecular weight excluding hydrogens is 311 g/mol. The molecule has 1 aromatic carbocycles. The monoisotopic (exact) mass is 327 g/mol. The summed E-state index contributed by atoms with van der Waals surface area (Å²) in [6, 6.07) is 4.45. The molecule has 0 aliphatic carbocycles. The molecule has 0 fully saturated rings. The second-order valence-corrected chi connectivity index (χ2v) is 6.88. The van der Waals surface area contributed by atoms with Crippen molar-refractivity contribution >= 4 is 10.0 Å². The zero-order chi connectivity index (χ0) is 16.5. The predicted molar refractivity (Wildman–Crippen MR) is 69.2 cm³/mol. The third-order valence-electron chi connectivity index (χ3n) is 2.95. The molecule has 0 atom stereocenters. The van der Waals surface area contributed by atoms with Crippen molar-refractivity contribution in [3.05, 3.63) is 24.3 Å². The van der Waals surface area contributed by atoms with Crippen LogP contribution in [0.25, 0.3) is 0 Å². The zero-order valence-electron chi connectivity index (χ0n) is 11.7. The second kappa shape index (κ2) is 5.82. The molecule has 9 heteroatoms. The summed E-state index contributed by atoms with van der Waals surface area (Å²) in [6.07, 6.45) is -5.00. The van der Waals surface area contributed by atoms with Crippen LogP contribution in [0.5, 0.6) is 5.75 Å². The van der Waals surface area contributed by atoms with Gasteiger partial charge in [0.05, 0.1) is 12.1 Å². The topological polar surface area (TPSA) is 66.8 Å². The largest absolute Gasteiger partial charge is 0.573 e. The van der Waals surface area contributed by atoms with Crippen LogP contribution in [0.15, 0.2) is 29.2 Å². The maximum absolute atomic E-state index is 12.4. The van der Waals surface area contributed by atoms with Gasteiger partial charge in [0, 0.05) is 7.05 Å². The lowest BCUT2D eigenvalue weighted by atomic mass is 10.1. The lowest BCUT2D eigenvalue weighted by molar-refractivity contribution is -0.275. The van der Waals surface area contributed by atoms with Gasteiger partial charge in [-0.15, -0.1) is 13.2 Å². The number of alkyl halides is 3. The van der Waals surface area contributed by atoms with Crippen LogP contribution in [0.2, 0.25) is 0 Å². The van der Waals surface area contributed by atoms with Crippen LogP contribution in [0, 0.1) is 0 Å². The number of likely N-dealkylation sites (N-methyl/N-ethyl adjacent to an activating group) is 1. The maximum Gasteiger partial charge on any atom is 0.573 e. The van der Waals surface area contributed by atoms with Gasteiger partial charge in [-0.05, 0) is 26.0 Å². The van der Waals surface area contributed by atoms with E-state index in [9.17, 15) is 26.7 Å². The molecule has 0 aliphatic heterocycles. The first-order chi connectivity index (χ1) is 9.42. The van der Waals surface area contributed by atoms with Crippen molar-refractivity contribution in [2.75, 3.05) is 13.7 Å². The molecule has 1 rings (SSSR count). The van der Waals surface area contributed by atoms with Crippen LogP contribution in [-0.4, -0.2) is 43.4 Å². The van der Waals surface area contributed by atoms with Gasteiger partial charge in [0.25, 0.3) is 0 Å². The average Bonchev–Trinajstić information content (AvgIpc) is 2.36. The fourth-order valence-electron chi connectivity index (χ4n) is 1.44. The SMILES string of the molecule is CN(C(C)(C)CO)S(=O)(=O)c1ccccc1OC(F)(F)F. The molecule has 0 aliphatic rings. The Bertz CT molecular complexity index is 599. The smallest absolute Gasteiger partial charge is 0.404 e. The summed E-state index contributed by atoms with van der Waals surface area (Å²) >= 11 is 0. The van der Waals surface area contributed by atoms with Gasteiger partial charge in [-0.2, -0.15) is 4.31 Å². The first kappa shape index (κ1) is 17.7. The second-order valence-electron chi connectivity index (χ2n) is 4.94. The number of nitrogens with zero attached hydrogens (tertiary/aromatic N) is 1. The highest BCUT2D eigenvalue weighted by atomic mass is 32.2. The molecule has 120 valence electrons. The Morgan fingerprint density at radius 2 is 1.76 bits per heavy atom. The highest BCUT2D eigenvalue weighted by Gasteiger charge is 2.38. The summed E-state index contributed by atoms with van der Waals surface area (Å²) in [5, 5.41) is 9.21. The van der Waals surface area contributed by atoms with E-state index in [1.807, 2.05) is 0 Å². The summed E-state index contributed by atoms with van der Waals surface area (Å²) in [5.74, 6) is -0.814. The Morgan fingerprint density at radius 3 is 2.24 bits per heavy atom. The van der Waals surface area contributed by atoms with Crippen molar-refractivity contribution in [1.82, 2.24) is 4.31 Å². The number of sulfonamides is 1. The van der Waals surface area contributed by atoms with Gasteiger partial charge in [-0.1, -0.05) is 12.1 Å². The van der Waals surface area contributed by atoms with Gasteiger partial charge in [-0.25, -0.2) is 8.42 Å². The number of hydrogen-bond donors (Lipinski definition) is 1. The van der Waals surface area contributed by atoms with Crippen molar-refractivity contribution in [3.63, 3.8) is 0 Å². The highest BCUT2D eigenvalue weighted by Crippen LogP contribution is 2.32. The fourth-order valence-corrected chi connectivity index (χ4v) is 3.06. The third-order valence-corrected chi connectivity index (χ3v) is 5.06. The zero-order valence-corrected chi connectivity index (χ0v) is 12.5. The Kier molecular flexibility index (Phi) is 4.91. The molecule has 1 N–H and O–H groups in total. The molecule has 0 unspecified atom stereocenters. The first-order valence-corrected chi connectivity index (χ1v) is 7.30. The third kappa shape index (κ3) is 4.08. The van der Waals surface area contributed by atoms with Crippen molar-refractivity contribution in [2.45, 2.75) is 30.6 Å². The molecule has 1 aromatic rings. The van der Waals surface area contributed by atoms with E-state index in [1.54, 1.807) is 0 Å². The van der Waals surface area contributed by atoms with E-state index < -0.39 is 39.2 Å². The maximum atomic E-state index is 12.4. The molecule has 0 saturated carbocycles. The van der Waals surface area contributed by atoms with E-state index in [4.69, 9.17) is 0 Å². The summed E-state index contributed by atoms with van der Waals surface area (Å²) in [4.78, 5) is -0.619. The first-order valence-electron chi connectivity index (χ1n) is 5.86. The Morgan fingerprint density at radius 1 is 1.24 bits per heavy atom. The molecule has 0 aromatic heterocycles. The van der Waals surface area contributed by atoms with Crippen molar-refractivity contribution in [1.29, 1.82) is 0 Å². The number of halogens is 3. The minimum Gasteiger partial charge on any atom is -0.404 e. The number of hydrogen-bond acceptors (Lipinski definition) is 4. The molecule has 0 heterocycles. The standard InChI is InChI=1S/C12H16F3NO4S/c1-11(2,8-17)16(3)21(18,19)10-7-5-4-6-9(10)20-12(13,14)15/h4-7,17H,8H2,1-3H3. The Labute approximate surface area is 121 Å². The molecule has 0 radical (unpaired) electrons. The Balaban J connectivity index is 3.33. The van der Waals surface area contributed by atoms with Crippen molar-refractivity contribution in [3.8, 4) is 5.75 Å². The predicted octanol–water partition coefficient (Wildman–Crippen LogP) is 1.98. The summed E-state index contributed by atoms with van der Waals surface area (Å²) < 4.78 is 66.4. The quantitative estimate of drug-likeness (QED) is 0.898. The minimum atomic E-state index is -5.00. The number of aliphatic hydroxyl groups excluding tert-OH is 1. The number of benzene rings is 1. The average molecular weight is 327 g/mol. The minimum absolute atomic E-state index is 0.495. The molecular formula is C12H16F3NO4S. The lowest BCUT2D eigenvalue weighted by Crippen LogP contribution is -2.47. The van der Waals surface area contributed by atoms with Crippen LogP contribution in [0.1, 0.15) is 13.8 Å². The van der Waals surface area contributed by atoms with E-state index in [0.29, 0.717) is 0 Å². The molecule has 0 saturated heterocycles. The summed E-state index contributed by atoms with van der Waals surface area (Å²) in [7, 11) is -3.09. The van der Waals surface area contributed by atoms with Crippen LogP contribution in [0.4, 0.5) is 13.2 Å². The lowest BCUT2D eigenvalue weighted by Gasteiger charge is -2.33. The van der Waals surface area contributed by atoms with E-state index >= 15 is 0 Å². The number of rotatable bonds is 5. The van der Waals surface area contributed by atoms with Gasteiger partial charge in [0.15, 0.2) is 0 Å².